The SMILES string of the molecule is CC[C@H]1CN(c2ncc(C(=O)NC)cc2Cl)CCN1C1CCN(Cc2ccccc2F)CC1.[HH]. The van der Waals surface area contributed by atoms with E-state index in [2.05, 4.69) is 31.9 Å². The maximum atomic E-state index is 14.0. The van der Waals surface area contributed by atoms with Crippen LogP contribution in [0.3, 0.4) is 0 Å². The summed E-state index contributed by atoms with van der Waals surface area (Å²) < 4.78 is 14.0. The third-order valence-electron chi connectivity index (χ3n) is 6.99. The molecule has 0 spiro atoms. The lowest BCUT2D eigenvalue weighted by Gasteiger charge is -2.47. The van der Waals surface area contributed by atoms with Crippen LogP contribution in [0.15, 0.2) is 36.5 Å². The van der Waals surface area contributed by atoms with E-state index in [1.165, 1.54) is 0 Å². The Labute approximate surface area is 202 Å². The van der Waals surface area contributed by atoms with Gasteiger partial charge in [0.05, 0.1) is 10.6 Å². The van der Waals surface area contributed by atoms with Crippen molar-refractivity contribution in [1.29, 1.82) is 0 Å². The van der Waals surface area contributed by atoms with Gasteiger partial charge in [0.15, 0.2) is 0 Å². The fourth-order valence-corrected chi connectivity index (χ4v) is 5.40. The molecule has 6 nitrogen and oxygen atoms in total. The van der Waals surface area contributed by atoms with E-state index in [4.69, 9.17) is 11.6 Å². The predicted octanol–water partition coefficient (Wildman–Crippen LogP) is 4.04. The molecule has 1 atom stereocenters. The molecule has 0 bridgehead atoms. The minimum atomic E-state index is -0.187. The zero-order valence-electron chi connectivity index (χ0n) is 19.4. The van der Waals surface area contributed by atoms with Crippen LogP contribution in [0.2, 0.25) is 5.02 Å². The second kappa shape index (κ2) is 10.8. The molecule has 4 rings (SSSR count). The van der Waals surface area contributed by atoms with Crippen LogP contribution >= 0.6 is 11.6 Å². The molecular formula is C25H35ClFN5O. The van der Waals surface area contributed by atoms with Gasteiger partial charge in [-0.1, -0.05) is 36.7 Å². The van der Waals surface area contributed by atoms with Gasteiger partial charge in [-0.15, -0.1) is 0 Å². The summed E-state index contributed by atoms with van der Waals surface area (Å²) in [6, 6.07) is 9.75. The number of nitrogens with one attached hydrogen (secondary N) is 1. The Kier molecular flexibility index (Phi) is 7.83. The Hall–Kier alpha value is -2.22. The van der Waals surface area contributed by atoms with Gasteiger partial charge in [-0.05, 0) is 44.5 Å². The van der Waals surface area contributed by atoms with E-state index in [0.29, 0.717) is 29.2 Å². The molecule has 0 aliphatic carbocycles. The van der Waals surface area contributed by atoms with E-state index >= 15 is 0 Å². The maximum absolute atomic E-state index is 14.0. The average molecular weight is 476 g/mol. The molecule has 1 N–H and O–H groups in total. The summed E-state index contributed by atoms with van der Waals surface area (Å²) in [6.45, 7) is 7.59. The van der Waals surface area contributed by atoms with Crippen LogP contribution < -0.4 is 10.2 Å². The lowest BCUT2D eigenvalue weighted by atomic mass is 9.97. The first kappa shape index (κ1) is 23.9. The largest absolute Gasteiger partial charge is 0.355 e. The van der Waals surface area contributed by atoms with Gasteiger partial charge in [0.2, 0.25) is 0 Å². The third kappa shape index (κ3) is 5.48. The Bertz CT molecular complexity index is 972. The molecular weight excluding hydrogens is 441 g/mol. The molecule has 2 aromatic rings. The van der Waals surface area contributed by atoms with Crippen LogP contribution in [0.1, 0.15) is 43.5 Å². The number of likely N-dealkylation sites (tertiary alicyclic amines) is 1. The van der Waals surface area contributed by atoms with E-state index in [-0.39, 0.29) is 13.2 Å². The van der Waals surface area contributed by atoms with Gasteiger partial charge in [-0.25, -0.2) is 9.37 Å². The maximum Gasteiger partial charge on any atom is 0.252 e. The van der Waals surface area contributed by atoms with E-state index in [9.17, 15) is 9.18 Å². The fraction of sp³-hybridized carbons (Fsp3) is 0.520. The van der Waals surface area contributed by atoms with Crippen molar-refractivity contribution in [2.24, 2.45) is 0 Å². The number of piperidine rings is 1. The number of carbonyl (C=O) groups excluding carboxylic acids is 1. The van der Waals surface area contributed by atoms with Crippen molar-refractivity contribution in [3.63, 3.8) is 0 Å². The molecule has 1 aromatic heterocycles. The molecule has 8 heteroatoms. The van der Waals surface area contributed by atoms with Gasteiger partial charge in [-0.2, -0.15) is 0 Å². The van der Waals surface area contributed by atoms with Crippen molar-refractivity contribution >= 4 is 23.3 Å². The van der Waals surface area contributed by atoms with E-state index in [1.807, 2.05) is 12.1 Å². The highest BCUT2D eigenvalue weighted by molar-refractivity contribution is 6.33. The van der Waals surface area contributed by atoms with Crippen LogP contribution in [0, 0.1) is 5.82 Å². The zero-order valence-corrected chi connectivity index (χ0v) is 20.2. The van der Waals surface area contributed by atoms with Gasteiger partial charge in [0, 0.05) is 58.5 Å². The number of anilines is 1. The van der Waals surface area contributed by atoms with Gasteiger partial charge >= 0.3 is 0 Å². The molecule has 2 saturated heterocycles. The lowest BCUT2D eigenvalue weighted by Crippen LogP contribution is -2.58. The summed E-state index contributed by atoms with van der Waals surface area (Å²) in [5.74, 6) is 0.452. The quantitative estimate of drug-likeness (QED) is 0.683. The Balaban J connectivity index is 0.00000324. The fourth-order valence-electron chi connectivity index (χ4n) is 5.11. The molecule has 1 aromatic carbocycles. The number of rotatable bonds is 6. The first-order valence-electron chi connectivity index (χ1n) is 11.8. The van der Waals surface area contributed by atoms with Crippen LogP contribution in [-0.2, 0) is 6.54 Å². The van der Waals surface area contributed by atoms with Crippen molar-refractivity contribution in [2.75, 3.05) is 44.7 Å². The molecule has 1 amide bonds. The number of benzene rings is 1. The normalized spacial score (nSPS) is 20.7. The summed E-state index contributed by atoms with van der Waals surface area (Å²) in [5.41, 5.74) is 1.25. The molecule has 2 aliphatic rings. The third-order valence-corrected chi connectivity index (χ3v) is 7.27. The van der Waals surface area contributed by atoms with Crippen LogP contribution in [0.5, 0.6) is 0 Å². The molecule has 3 heterocycles. The van der Waals surface area contributed by atoms with Crippen molar-refractivity contribution in [3.05, 3.63) is 58.5 Å². The van der Waals surface area contributed by atoms with Crippen molar-refractivity contribution in [2.45, 2.75) is 44.8 Å². The number of carbonyl (C=O) groups is 1. The summed E-state index contributed by atoms with van der Waals surface area (Å²) >= 11 is 6.50. The number of amides is 1. The second-order valence-corrected chi connectivity index (χ2v) is 9.36. The standard InChI is InChI=1S/C25H33ClFN5O.H2/c1-3-20-17-31(24-22(26)14-19(15-29-24)25(33)28-2)12-13-32(20)21-8-10-30(11-9-21)16-18-6-4-5-7-23(18)27;/h4-7,14-15,20-21H,3,8-13,16-17H2,1-2H3,(H,28,33);1H/t20-;/m0./s1. The van der Waals surface area contributed by atoms with E-state index in [0.717, 1.165) is 63.4 Å². The van der Waals surface area contributed by atoms with Crippen molar-refractivity contribution < 1.29 is 10.6 Å². The number of pyridine rings is 1. The Morgan fingerprint density at radius 1 is 1.24 bits per heavy atom. The first-order valence-corrected chi connectivity index (χ1v) is 12.2. The molecule has 180 valence electrons. The second-order valence-electron chi connectivity index (χ2n) is 8.95. The number of hydrogen-bond donors (Lipinski definition) is 1. The number of piperazine rings is 1. The number of aromatic nitrogens is 1. The Morgan fingerprint density at radius 2 is 2.00 bits per heavy atom. The predicted molar refractivity (Wildman–Crippen MR) is 132 cm³/mol. The van der Waals surface area contributed by atoms with Crippen LogP contribution in [0.25, 0.3) is 0 Å². The minimum Gasteiger partial charge on any atom is -0.355 e. The van der Waals surface area contributed by atoms with Gasteiger partial charge < -0.3 is 10.2 Å². The van der Waals surface area contributed by atoms with Gasteiger partial charge in [-0.3, -0.25) is 14.6 Å². The van der Waals surface area contributed by atoms with Crippen molar-refractivity contribution in [3.8, 4) is 0 Å². The summed E-state index contributed by atoms with van der Waals surface area (Å²) in [6.07, 6.45) is 4.86. The summed E-state index contributed by atoms with van der Waals surface area (Å²) in [7, 11) is 1.60. The average Bonchev–Trinajstić information content (AvgIpc) is 2.85. The molecule has 33 heavy (non-hydrogen) atoms. The molecule has 0 unspecified atom stereocenters. The van der Waals surface area contributed by atoms with Crippen LogP contribution in [0.4, 0.5) is 10.2 Å². The van der Waals surface area contributed by atoms with E-state index < -0.39 is 0 Å². The summed E-state index contributed by atoms with van der Waals surface area (Å²) in [5, 5.41) is 3.12. The smallest absolute Gasteiger partial charge is 0.252 e. The van der Waals surface area contributed by atoms with Crippen molar-refractivity contribution in [1.82, 2.24) is 20.1 Å². The molecule has 2 fully saturated rings. The minimum absolute atomic E-state index is 0. The first-order chi connectivity index (χ1) is 16.0. The highest BCUT2D eigenvalue weighted by atomic mass is 35.5. The topological polar surface area (TPSA) is 51.7 Å². The summed E-state index contributed by atoms with van der Waals surface area (Å²) in [4.78, 5) is 23.6. The number of nitrogens with zero attached hydrogens (tertiary/aromatic N) is 4. The van der Waals surface area contributed by atoms with E-state index in [1.54, 1.807) is 31.4 Å². The van der Waals surface area contributed by atoms with Gasteiger partial charge in [0.25, 0.3) is 5.91 Å². The molecule has 0 saturated carbocycles. The highest BCUT2D eigenvalue weighted by Crippen LogP contribution is 2.30. The molecule has 2 aliphatic heterocycles. The number of hydrogen-bond acceptors (Lipinski definition) is 5. The van der Waals surface area contributed by atoms with Crippen LogP contribution in [-0.4, -0.2) is 72.5 Å². The lowest BCUT2D eigenvalue weighted by molar-refractivity contribution is 0.0607. The Morgan fingerprint density at radius 3 is 2.67 bits per heavy atom. The number of halogens is 2. The molecule has 0 radical (unpaired) electrons. The highest BCUT2D eigenvalue weighted by Gasteiger charge is 2.34. The monoisotopic (exact) mass is 475 g/mol. The van der Waals surface area contributed by atoms with Gasteiger partial charge in [0.1, 0.15) is 11.6 Å². The zero-order chi connectivity index (χ0) is 23.4.